The van der Waals surface area contributed by atoms with Crippen molar-refractivity contribution in [2.75, 3.05) is 6.67 Å². The van der Waals surface area contributed by atoms with Crippen LogP contribution >= 0.6 is 15.9 Å². The molecule has 7 nitrogen and oxygen atoms in total. The van der Waals surface area contributed by atoms with E-state index in [4.69, 9.17) is 18.9 Å². The van der Waals surface area contributed by atoms with Crippen molar-refractivity contribution in [3.8, 4) is 0 Å². The Morgan fingerprint density at radius 3 is 1.81 bits per heavy atom. The zero-order chi connectivity index (χ0) is 16.2. The van der Waals surface area contributed by atoms with Crippen LogP contribution in [0.5, 0.6) is 0 Å². The standard InChI is InChI=1S/C12H16BrFO7/c1-5(15)18-9-8(4-14)21-12(13)11(20-7(3)17)10(9)19-6(2)16/h8-12H,4H2,1-3H3/t8-,9+,10+,11-,12-/m1/s1. The van der Waals surface area contributed by atoms with Crippen LogP contribution in [0.25, 0.3) is 0 Å². The highest BCUT2D eigenvalue weighted by Gasteiger charge is 2.50. The molecule has 0 amide bonds. The molecule has 0 saturated carbocycles. The predicted molar refractivity (Wildman–Crippen MR) is 70.2 cm³/mol. The molecular formula is C12H16BrFO7. The Labute approximate surface area is 129 Å². The molecule has 21 heavy (non-hydrogen) atoms. The molecule has 0 N–H and O–H groups in total. The molecule has 1 heterocycles. The molecule has 0 aliphatic carbocycles. The first-order chi connectivity index (χ1) is 9.76. The maximum Gasteiger partial charge on any atom is 0.303 e. The summed E-state index contributed by atoms with van der Waals surface area (Å²) in [5.74, 6) is -2.03. The third kappa shape index (κ3) is 4.92. The lowest BCUT2D eigenvalue weighted by Gasteiger charge is -2.42. The molecule has 0 aromatic carbocycles. The van der Waals surface area contributed by atoms with Crippen molar-refractivity contribution < 1.29 is 37.7 Å². The van der Waals surface area contributed by atoms with Gasteiger partial charge in [0, 0.05) is 20.8 Å². The van der Waals surface area contributed by atoms with Crippen LogP contribution in [0.4, 0.5) is 4.39 Å². The van der Waals surface area contributed by atoms with E-state index in [2.05, 4.69) is 15.9 Å². The molecular weight excluding hydrogens is 355 g/mol. The molecule has 1 fully saturated rings. The SMILES string of the molecule is CC(=O)O[C@@H]1[C@@H](OC(C)=O)[C@H](Br)O[C@H](CF)[C@@H]1OC(C)=O. The molecule has 0 radical (unpaired) electrons. The van der Waals surface area contributed by atoms with E-state index in [1.807, 2.05) is 0 Å². The molecule has 9 heteroatoms. The number of rotatable bonds is 4. The van der Waals surface area contributed by atoms with E-state index in [1.165, 1.54) is 0 Å². The van der Waals surface area contributed by atoms with Gasteiger partial charge in [-0.1, -0.05) is 15.9 Å². The summed E-state index contributed by atoms with van der Waals surface area (Å²) in [5, 5.41) is -0.904. The van der Waals surface area contributed by atoms with E-state index in [0.717, 1.165) is 20.8 Å². The molecule has 0 spiro atoms. The smallest absolute Gasteiger partial charge is 0.303 e. The third-order valence-electron chi connectivity index (χ3n) is 2.64. The van der Waals surface area contributed by atoms with Gasteiger partial charge >= 0.3 is 17.9 Å². The topological polar surface area (TPSA) is 88.1 Å². The minimum atomic E-state index is -1.21. The molecule has 1 saturated heterocycles. The van der Waals surface area contributed by atoms with Crippen molar-refractivity contribution >= 4 is 33.8 Å². The molecule has 0 aromatic rings. The fourth-order valence-electron chi connectivity index (χ4n) is 1.97. The average molecular weight is 371 g/mol. The number of hydrogen-bond donors (Lipinski definition) is 0. The van der Waals surface area contributed by atoms with Crippen LogP contribution in [0.1, 0.15) is 20.8 Å². The first-order valence-corrected chi connectivity index (χ1v) is 7.05. The van der Waals surface area contributed by atoms with Crippen LogP contribution in [0.3, 0.4) is 0 Å². The summed E-state index contributed by atoms with van der Waals surface area (Å²) in [4.78, 5) is 33.5. The maximum atomic E-state index is 13.1. The maximum absolute atomic E-state index is 13.1. The fourth-order valence-corrected chi connectivity index (χ4v) is 2.65. The normalized spacial score (nSPS) is 32.1. The quantitative estimate of drug-likeness (QED) is 0.412. The second-order valence-electron chi connectivity index (χ2n) is 4.40. The summed E-state index contributed by atoms with van der Waals surface area (Å²) in [5.41, 5.74) is 0. The van der Waals surface area contributed by atoms with Crippen LogP contribution in [-0.4, -0.2) is 54.0 Å². The van der Waals surface area contributed by atoms with Crippen LogP contribution in [0.15, 0.2) is 0 Å². The minimum absolute atomic E-state index is 0.648. The molecule has 1 aliphatic heterocycles. The van der Waals surface area contributed by atoms with Gasteiger partial charge < -0.3 is 18.9 Å². The number of hydrogen-bond acceptors (Lipinski definition) is 7. The minimum Gasteiger partial charge on any atom is -0.456 e. The summed E-state index contributed by atoms with van der Waals surface area (Å²) in [6.07, 6.45) is -4.60. The Morgan fingerprint density at radius 1 is 0.952 bits per heavy atom. The van der Waals surface area contributed by atoms with Gasteiger partial charge in [-0.15, -0.1) is 0 Å². The highest BCUT2D eigenvalue weighted by molar-refractivity contribution is 9.09. The molecule has 120 valence electrons. The van der Waals surface area contributed by atoms with Crippen LogP contribution in [0, 0.1) is 0 Å². The number of alkyl halides is 2. The van der Waals surface area contributed by atoms with Gasteiger partial charge in [0.1, 0.15) is 12.8 Å². The zero-order valence-electron chi connectivity index (χ0n) is 11.7. The lowest BCUT2D eigenvalue weighted by molar-refractivity contribution is -0.232. The van der Waals surface area contributed by atoms with Crippen molar-refractivity contribution in [3.05, 3.63) is 0 Å². The van der Waals surface area contributed by atoms with Crippen molar-refractivity contribution in [2.24, 2.45) is 0 Å². The largest absolute Gasteiger partial charge is 0.456 e. The van der Waals surface area contributed by atoms with E-state index in [1.54, 1.807) is 0 Å². The Hall–Kier alpha value is -1.22. The zero-order valence-corrected chi connectivity index (χ0v) is 13.3. The molecule has 0 unspecified atom stereocenters. The van der Waals surface area contributed by atoms with Gasteiger partial charge in [0.15, 0.2) is 23.3 Å². The van der Waals surface area contributed by atoms with Gasteiger partial charge in [-0.25, -0.2) is 4.39 Å². The average Bonchev–Trinajstić information content (AvgIpc) is 2.35. The molecule has 5 atom stereocenters. The first-order valence-electron chi connectivity index (χ1n) is 6.13. The molecule has 1 aliphatic rings. The van der Waals surface area contributed by atoms with E-state index in [-0.39, 0.29) is 0 Å². The number of carbonyl (C=O) groups is 3. The van der Waals surface area contributed by atoms with Gasteiger partial charge in [-0.05, 0) is 0 Å². The highest BCUT2D eigenvalue weighted by atomic mass is 79.9. The van der Waals surface area contributed by atoms with Crippen molar-refractivity contribution in [1.29, 1.82) is 0 Å². The molecule has 0 aromatic heterocycles. The lowest BCUT2D eigenvalue weighted by Crippen LogP contribution is -2.60. The Morgan fingerprint density at radius 2 is 1.38 bits per heavy atom. The van der Waals surface area contributed by atoms with Crippen molar-refractivity contribution in [3.63, 3.8) is 0 Å². The fraction of sp³-hybridized carbons (Fsp3) is 0.750. The predicted octanol–water partition coefficient (Wildman–Crippen LogP) is 0.871. The molecule has 1 rings (SSSR count). The van der Waals surface area contributed by atoms with Crippen LogP contribution < -0.4 is 0 Å². The summed E-state index contributed by atoms with van der Waals surface area (Å²) in [6, 6.07) is 0. The third-order valence-corrected chi connectivity index (χ3v) is 3.37. The van der Waals surface area contributed by atoms with Crippen molar-refractivity contribution in [2.45, 2.75) is 50.2 Å². The van der Waals surface area contributed by atoms with E-state index in [9.17, 15) is 18.8 Å². The number of esters is 3. The second kappa shape index (κ2) is 7.69. The van der Waals surface area contributed by atoms with Gasteiger partial charge in [-0.3, -0.25) is 14.4 Å². The van der Waals surface area contributed by atoms with Crippen LogP contribution in [-0.2, 0) is 33.3 Å². The Bertz CT molecular complexity index is 416. The van der Waals surface area contributed by atoms with Gasteiger partial charge in [0.2, 0.25) is 0 Å². The van der Waals surface area contributed by atoms with E-state index >= 15 is 0 Å². The summed E-state index contributed by atoms with van der Waals surface area (Å²) in [7, 11) is 0. The first kappa shape index (κ1) is 17.8. The van der Waals surface area contributed by atoms with Gasteiger partial charge in [0.05, 0.1) is 0 Å². The van der Waals surface area contributed by atoms with E-state index < -0.39 is 54.0 Å². The monoisotopic (exact) mass is 370 g/mol. The highest BCUT2D eigenvalue weighted by Crippen LogP contribution is 2.31. The lowest BCUT2D eigenvalue weighted by atomic mass is 10.00. The summed E-state index contributed by atoms with van der Waals surface area (Å²) >= 11 is 3.09. The summed E-state index contributed by atoms with van der Waals surface area (Å²) < 4.78 is 33.4. The van der Waals surface area contributed by atoms with Crippen molar-refractivity contribution in [1.82, 2.24) is 0 Å². The second-order valence-corrected chi connectivity index (χ2v) is 5.30. The van der Waals surface area contributed by atoms with Gasteiger partial charge in [0.25, 0.3) is 0 Å². The van der Waals surface area contributed by atoms with Crippen LogP contribution in [0.2, 0.25) is 0 Å². The Balaban J connectivity index is 3.08. The number of ether oxygens (including phenoxy) is 4. The summed E-state index contributed by atoms with van der Waals surface area (Å²) in [6.45, 7) is 2.46. The Kier molecular flexibility index (Phi) is 6.53. The van der Waals surface area contributed by atoms with Gasteiger partial charge in [-0.2, -0.15) is 0 Å². The number of halogens is 2. The number of carbonyl (C=O) groups excluding carboxylic acids is 3. The van der Waals surface area contributed by atoms with E-state index in [0.29, 0.717) is 0 Å². The molecule has 0 bridgehead atoms.